The molecule has 2 heterocycles. The number of carbonyl (C=O) groups excluding carboxylic acids is 2. The second-order valence-corrected chi connectivity index (χ2v) is 6.40. The Hall–Kier alpha value is -2.22. The zero-order valence-corrected chi connectivity index (χ0v) is 13.7. The highest BCUT2D eigenvalue weighted by atomic mass is 19.3. The van der Waals surface area contributed by atoms with Crippen LogP contribution in [0.4, 0.5) is 8.78 Å². The van der Waals surface area contributed by atoms with E-state index in [2.05, 4.69) is 10.6 Å². The molecular formula is C17H21F2N3O3. The Balaban J connectivity index is 1.42. The number of nitrogens with one attached hydrogen (secondary N) is 2. The molecule has 0 bridgehead atoms. The number of hydrogen-bond acceptors (Lipinski definition) is 4. The summed E-state index contributed by atoms with van der Waals surface area (Å²) in [6.07, 6.45) is -0.325. The van der Waals surface area contributed by atoms with Gasteiger partial charge < -0.3 is 15.0 Å². The maximum absolute atomic E-state index is 13.2. The molecule has 3 rings (SSSR count). The van der Waals surface area contributed by atoms with E-state index in [4.69, 9.17) is 4.74 Å². The maximum atomic E-state index is 13.2. The van der Waals surface area contributed by atoms with Crippen molar-refractivity contribution < 1.29 is 23.1 Å². The Morgan fingerprint density at radius 2 is 2.12 bits per heavy atom. The SMILES string of the molecule is O=C(NC1CC(=O)N(CCOc2ccccc2)C1)C1CC(F)(F)CN1. The van der Waals surface area contributed by atoms with Crippen molar-refractivity contribution in [2.24, 2.45) is 0 Å². The van der Waals surface area contributed by atoms with E-state index >= 15 is 0 Å². The Kier molecular flexibility index (Phi) is 5.17. The molecule has 2 aliphatic rings. The van der Waals surface area contributed by atoms with Gasteiger partial charge in [0.2, 0.25) is 11.8 Å². The Bertz CT molecular complexity index is 627. The number of nitrogens with zero attached hydrogens (tertiary/aromatic N) is 1. The second-order valence-electron chi connectivity index (χ2n) is 6.40. The second kappa shape index (κ2) is 7.35. The number of amides is 2. The van der Waals surface area contributed by atoms with Gasteiger partial charge in [-0.05, 0) is 12.1 Å². The summed E-state index contributed by atoms with van der Waals surface area (Å²) in [4.78, 5) is 25.7. The van der Waals surface area contributed by atoms with Gasteiger partial charge in [-0.1, -0.05) is 18.2 Å². The Morgan fingerprint density at radius 3 is 2.80 bits per heavy atom. The molecule has 1 aromatic rings. The van der Waals surface area contributed by atoms with Crippen LogP contribution in [0, 0.1) is 0 Å². The zero-order valence-electron chi connectivity index (χ0n) is 13.7. The van der Waals surface area contributed by atoms with Gasteiger partial charge in [0.1, 0.15) is 12.4 Å². The monoisotopic (exact) mass is 353 g/mol. The highest BCUT2D eigenvalue weighted by molar-refractivity contribution is 5.85. The first-order chi connectivity index (χ1) is 11.9. The summed E-state index contributed by atoms with van der Waals surface area (Å²) in [6.45, 7) is 0.649. The molecule has 0 radical (unpaired) electrons. The molecule has 0 spiro atoms. The first-order valence-electron chi connectivity index (χ1n) is 8.30. The fourth-order valence-electron chi connectivity index (χ4n) is 3.08. The third-order valence-corrected chi connectivity index (χ3v) is 4.36. The number of alkyl halides is 2. The number of benzene rings is 1. The van der Waals surface area contributed by atoms with Gasteiger partial charge in [0.25, 0.3) is 5.92 Å². The molecule has 136 valence electrons. The summed E-state index contributed by atoms with van der Waals surface area (Å²) in [5.74, 6) is -2.68. The largest absolute Gasteiger partial charge is 0.492 e. The first-order valence-corrected chi connectivity index (χ1v) is 8.30. The lowest BCUT2D eigenvalue weighted by molar-refractivity contribution is -0.128. The lowest BCUT2D eigenvalue weighted by atomic mass is 10.1. The smallest absolute Gasteiger partial charge is 0.262 e. The number of para-hydroxylation sites is 1. The average Bonchev–Trinajstić information content (AvgIpc) is 3.11. The molecule has 2 N–H and O–H groups in total. The van der Waals surface area contributed by atoms with Gasteiger partial charge in [0.15, 0.2) is 0 Å². The van der Waals surface area contributed by atoms with Crippen molar-refractivity contribution in [1.29, 1.82) is 0 Å². The molecule has 2 atom stereocenters. The van der Waals surface area contributed by atoms with E-state index in [1.54, 1.807) is 4.90 Å². The molecular weight excluding hydrogens is 332 g/mol. The molecule has 2 fully saturated rings. The van der Waals surface area contributed by atoms with Gasteiger partial charge in [-0.15, -0.1) is 0 Å². The summed E-state index contributed by atoms with van der Waals surface area (Å²) < 4.78 is 31.9. The topological polar surface area (TPSA) is 70.7 Å². The summed E-state index contributed by atoms with van der Waals surface area (Å²) in [5, 5.41) is 5.20. The summed E-state index contributed by atoms with van der Waals surface area (Å²) in [5.41, 5.74) is 0. The predicted octanol–water partition coefficient (Wildman–Crippen LogP) is 0.780. The van der Waals surface area contributed by atoms with E-state index in [-0.39, 0.29) is 18.4 Å². The van der Waals surface area contributed by atoms with Crippen LogP contribution in [0.25, 0.3) is 0 Å². The van der Waals surface area contributed by atoms with Gasteiger partial charge in [0.05, 0.1) is 25.2 Å². The molecule has 8 heteroatoms. The summed E-state index contributed by atoms with van der Waals surface area (Å²) >= 11 is 0. The van der Waals surface area contributed by atoms with Crippen molar-refractivity contribution in [3.05, 3.63) is 30.3 Å². The van der Waals surface area contributed by atoms with E-state index in [1.165, 1.54) is 0 Å². The van der Waals surface area contributed by atoms with Gasteiger partial charge in [-0.2, -0.15) is 0 Å². The molecule has 1 aromatic carbocycles. The minimum Gasteiger partial charge on any atom is -0.492 e. The van der Waals surface area contributed by atoms with Crippen LogP contribution >= 0.6 is 0 Å². The zero-order chi connectivity index (χ0) is 17.9. The number of likely N-dealkylation sites (tertiary alicyclic amines) is 1. The van der Waals surface area contributed by atoms with Crippen molar-refractivity contribution in [2.75, 3.05) is 26.2 Å². The van der Waals surface area contributed by atoms with Crippen LogP contribution in [0.15, 0.2) is 30.3 Å². The maximum Gasteiger partial charge on any atom is 0.262 e. The van der Waals surface area contributed by atoms with E-state index < -0.39 is 30.8 Å². The number of rotatable bonds is 6. The van der Waals surface area contributed by atoms with Crippen LogP contribution in [-0.2, 0) is 9.59 Å². The number of carbonyl (C=O) groups is 2. The van der Waals surface area contributed by atoms with E-state index in [0.29, 0.717) is 19.7 Å². The van der Waals surface area contributed by atoms with Gasteiger partial charge in [0, 0.05) is 19.4 Å². The van der Waals surface area contributed by atoms with Crippen LogP contribution in [0.3, 0.4) is 0 Å². The van der Waals surface area contributed by atoms with Crippen LogP contribution < -0.4 is 15.4 Å². The fraction of sp³-hybridized carbons (Fsp3) is 0.529. The molecule has 2 amide bonds. The third-order valence-electron chi connectivity index (χ3n) is 4.36. The highest BCUT2D eigenvalue weighted by Gasteiger charge is 2.43. The van der Waals surface area contributed by atoms with Crippen molar-refractivity contribution >= 4 is 11.8 Å². The molecule has 2 saturated heterocycles. The normalized spacial score (nSPS) is 25.2. The van der Waals surface area contributed by atoms with E-state index in [9.17, 15) is 18.4 Å². The molecule has 25 heavy (non-hydrogen) atoms. The molecule has 0 aliphatic carbocycles. The number of halogens is 2. The molecule has 2 aliphatic heterocycles. The van der Waals surface area contributed by atoms with Gasteiger partial charge in [-0.25, -0.2) is 8.78 Å². The Labute approximate surface area is 144 Å². The van der Waals surface area contributed by atoms with Crippen LogP contribution in [-0.4, -0.2) is 61.0 Å². The van der Waals surface area contributed by atoms with Crippen molar-refractivity contribution in [1.82, 2.24) is 15.5 Å². The first kappa shape index (κ1) is 17.6. The minimum atomic E-state index is -2.85. The fourth-order valence-corrected chi connectivity index (χ4v) is 3.08. The molecule has 6 nitrogen and oxygen atoms in total. The van der Waals surface area contributed by atoms with Crippen molar-refractivity contribution in [3.8, 4) is 5.75 Å². The van der Waals surface area contributed by atoms with Crippen LogP contribution in [0.5, 0.6) is 5.75 Å². The van der Waals surface area contributed by atoms with E-state index in [1.807, 2.05) is 30.3 Å². The lowest BCUT2D eigenvalue weighted by Gasteiger charge is -2.18. The van der Waals surface area contributed by atoms with Crippen molar-refractivity contribution in [2.45, 2.75) is 30.8 Å². The summed E-state index contributed by atoms with van der Waals surface area (Å²) in [6, 6.07) is 8.02. The Morgan fingerprint density at radius 1 is 1.36 bits per heavy atom. The molecule has 0 saturated carbocycles. The summed E-state index contributed by atoms with van der Waals surface area (Å²) in [7, 11) is 0. The van der Waals surface area contributed by atoms with Gasteiger partial charge >= 0.3 is 0 Å². The van der Waals surface area contributed by atoms with Gasteiger partial charge in [-0.3, -0.25) is 14.9 Å². The third kappa shape index (κ3) is 4.66. The molecule has 0 aromatic heterocycles. The predicted molar refractivity (Wildman–Crippen MR) is 86.4 cm³/mol. The highest BCUT2D eigenvalue weighted by Crippen LogP contribution is 2.25. The van der Waals surface area contributed by atoms with Crippen molar-refractivity contribution in [3.63, 3.8) is 0 Å². The number of hydrogen-bond donors (Lipinski definition) is 2. The minimum absolute atomic E-state index is 0.0772. The molecule has 2 unspecified atom stereocenters. The standard InChI is InChI=1S/C17H21F2N3O3/c18-17(19)9-14(20-11-17)16(24)21-12-8-15(23)22(10-12)6-7-25-13-4-2-1-3-5-13/h1-5,12,14,20H,6-11H2,(H,21,24). The quantitative estimate of drug-likeness (QED) is 0.793. The van der Waals surface area contributed by atoms with Crippen LogP contribution in [0.1, 0.15) is 12.8 Å². The van der Waals surface area contributed by atoms with E-state index in [0.717, 1.165) is 5.75 Å². The lowest BCUT2D eigenvalue weighted by Crippen LogP contribution is -2.46. The van der Waals surface area contributed by atoms with Crippen LogP contribution in [0.2, 0.25) is 0 Å². The number of ether oxygens (including phenoxy) is 1. The average molecular weight is 353 g/mol.